The van der Waals surface area contributed by atoms with Crippen LogP contribution in [0.3, 0.4) is 0 Å². The van der Waals surface area contributed by atoms with Crippen molar-refractivity contribution in [2.75, 3.05) is 13.1 Å². The molecule has 3 fully saturated rings. The minimum Gasteiger partial charge on any atom is -0.311 e. The second-order valence-corrected chi connectivity index (χ2v) is 6.45. The van der Waals surface area contributed by atoms with Crippen LogP contribution in [0.15, 0.2) is 0 Å². The summed E-state index contributed by atoms with van der Waals surface area (Å²) in [7, 11) is 0. The Morgan fingerprint density at radius 2 is 2.06 bits per heavy atom. The number of nitrogens with zero attached hydrogens (tertiary/aromatic N) is 1. The van der Waals surface area contributed by atoms with E-state index in [-0.39, 0.29) is 0 Å². The summed E-state index contributed by atoms with van der Waals surface area (Å²) >= 11 is 0. The first-order chi connectivity index (χ1) is 8.36. The van der Waals surface area contributed by atoms with Crippen molar-refractivity contribution >= 4 is 0 Å². The maximum Gasteiger partial charge on any atom is 0.0111 e. The summed E-state index contributed by atoms with van der Waals surface area (Å²) in [6, 6.07) is 2.62. The minimum absolute atomic E-state index is 0.862. The maximum absolute atomic E-state index is 3.79. The number of rotatable bonds is 3. The Hall–Kier alpha value is -0.0800. The molecular formula is C15H28N2. The highest BCUT2D eigenvalue weighted by Gasteiger charge is 2.40. The smallest absolute Gasteiger partial charge is 0.0111 e. The summed E-state index contributed by atoms with van der Waals surface area (Å²) in [4.78, 5) is 2.83. The lowest BCUT2D eigenvalue weighted by molar-refractivity contribution is 0.153. The molecule has 4 unspecified atom stereocenters. The molecule has 3 rings (SSSR count). The average molecular weight is 236 g/mol. The van der Waals surface area contributed by atoms with Gasteiger partial charge in [-0.3, -0.25) is 0 Å². The first kappa shape index (κ1) is 12.0. The van der Waals surface area contributed by atoms with E-state index in [0.717, 1.165) is 24.0 Å². The van der Waals surface area contributed by atoms with E-state index in [9.17, 15) is 0 Å². The Morgan fingerprint density at radius 1 is 1.12 bits per heavy atom. The van der Waals surface area contributed by atoms with E-state index in [2.05, 4.69) is 17.1 Å². The van der Waals surface area contributed by atoms with Gasteiger partial charge in [0.1, 0.15) is 0 Å². The quantitative estimate of drug-likeness (QED) is 0.810. The van der Waals surface area contributed by atoms with E-state index < -0.39 is 0 Å². The number of nitrogens with one attached hydrogen (secondary N) is 1. The van der Waals surface area contributed by atoms with Gasteiger partial charge in [0.25, 0.3) is 0 Å². The van der Waals surface area contributed by atoms with Crippen LogP contribution in [0, 0.1) is 5.92 Å². The molecular weight excluding hydrogens is 208 g/mol. The van der Waals surface area contributed by atoms with Crippen molar-refractivity contribution in [2.24, 2.45) is 5.92 Å². The molecule has 3 aliphatic heterocycles. The second kappa shape index (κ2) is 5.27. The van der Waals surface area contributed by atoms with Crippen molar-refractivity contribution in [3.05, 3.63) is 0 Å². The fraction of sp³-hybridized carbons (Fsp3) is 1.00. The Labute approximate surface area is 106 Å². The molecule has 0 aliphatic carbocycles. The van der Waals surface area contributed by atoms with Gasteiger partial charge in [-0.2, -0.15) is 0 Å². The second-order valence-electron chi connectivity index (χ2n) is 6.45. The van der Waals surface area contributed by atoms with Gasteiger partial charge in [0.2, 0.25) is 0 Å². The Balaban J connectivity index is 1.58. The van der Waals surface area contributed by atoms with Crippen LogP contribution in [0.4, 0.5) is 0 Å². The molecule has 2 heteroatoms. The van der Waals surface area contributed by atoms with E-state index in [1.165, 1.54) is 64.5 Å². The molecule has 3 heterocycles. The van der Waals surface area contributed by atoms with Gasteiger partial charge in [-0.25, -0.2) is 0 Å². The van der Waals surface area contributed by atoms with Crippen molar-refractivity contribution < 1.29 is 0 Å². The third-order valence-electron chi connectivity index (χ3n) is 5.37. The molecule has 2 nitrogen and oxygen atoms in total. The zero-order valence-corrected chi connectivity index (χ0v) is 11.3. The predicted octanol–water partition coefficient (Wildman–Crippen LogP) is 2.78. The fourth-order valence-corrected chi connectivity index (χ4v) is 4.38. The lowest BCUT2D eigenvalue weighted by atomic mass is 9.88. The van der Waals surface area contributed by atoms with Crippen LogP contribution in [0.5, 0.6) is 0 Å². The van der Waals surface area contributed by atoms with Crippen LogP contribution >= 0.6 is 0 Å². The van der Waals surface area contributed by atoms with Crippen molar-refractivity contribution in [2.45, 2.75) is 76.4 Å². The van der Waals surface area contributed by atoms with E-state index in [0.29, 0.717) is 0 Å². The van der Waals surface area contributed by atoms with Crippen molar-refractivity contribution in [3.8, 4) is 0 Å². The molecule has 3 saturated heterocycles. The summed E-state index contributed by atoms with van der Waals surface area (Å²) in [5.41, 5.74) is 0. The lowest BCUT2D eigenvalue weighted by Crippen LogP contribution is -2.41. The molecule has 0 aromatic carbocycles. The molecule has 0 saturated carbocycles. The van der Waals surface area contributed by atoms with Crippen LogP contribution in [0.25, 0.3) is 0 Å². The number of likely N-dealkylation sites (tertiary alicyclic amines) is 1. The molecule has 0 aromatic rings. The average Bonchev–Trinajstić information content (AvgIpc) is 2.87. The standard InChI is InChI=1S/C15H28N2/c1-2-14-6-4-3-5-9-17(14)11-12-10-13-7-8-15(12)16-13/h12-16H,2-11H2,1H3. The SMILES string of the molecule is CCC1CCCCCN1CC1CC2CCC1N2. The molecule has 0 amide bonds. The maximum atomic E-state index is 3.79. The zero-order valence-electron chi connectivity index (χ0n) is 11.3. The van der Waals surface area contributed by atoms with Gasteiger partial charge >= 0.3 is 0 Å². The summed E-state index contributed by atoms with van der Waals surface area (Å²) in [6.07, 6.45) is 11.5. The van der Waals surface area contributed by atoms with Crippen molar-refractivity contribution in [1.29, 1.82) is 0 Å². The highest BCUT2D eigenvalue weighted by atomic mass is 15.2. The largest absolute Gasteiger partial charge is 0.311 e. The van der Waals surface area contributed by atoms with E-state index in [1.54, 1.807) is 0 Å². The Bertz CT molecular complexity index is 253. The van der Waals surface area contributed by atoms with Crippen LogP contribution in [-0.2, 0) is 0 Å². The number of fused-ring (bicyclic) bond motifs is 2. The van der Waals surface area contributed by atoms with Crippen molar-refractivity contribution in [3.63, 3.8) is 0 Å². The summed E-state index contributed by atoms with van der Waals surface area (Å²) in [5, 5.41) is 3.79. The van der Waals surface area contributed by atoms with E-state index in [4.69, 9.17) is 0 Å². The van der Waals surface area contributed by atoms with Gasteiger partial charge < -0.3 is 10.2 Å². The third-order valence-corrected chi connectivity index (χ3v) is 5.37. The topological polar surface area (TPSA) is 15.3 Å². The monoisotopic (exact) mass is 236 g/mol. The Morgan fingerprint density at radius 3 is 2.76 bits per heavy atom. The molecule has 1 N–H and O–H groups in total. The van der Waals surface area contributed by atoms with Crippen LogP contribution in [0.2, 0.25) is 0 Å². The summed E-state index contributed by atoms with van der Waals surface area (Å²) < 4.78 is 0. The van der Waals surface area contributed by atoms with E-state index in [1.807, 2.05) is 0 Å². The molecule has 2 bridgehead atoms. The lowest BCUT2D eigenvalue weighted by Gasteiger charge is -2.33. The molecule has 17 heavy (non-hydrogen) atoms. The summed E-state index contributed by atoms with van der Waals surface area (Å²) in [6.45, 7) is 5.13. The molecule has 4 atom stereocenters. The highest BCUT2D eigenvalue weighted by Crippen LogP contribution is 2.34. The molecule has 0 aromatic heterocycles. The minimum atomic E-state index is 0.862. The zero-order chi connectivity index (χ0) is 11.7. The van der Waals surface area contributed by atoms with Gasteiger partial charge in [0, 0.05) is 24.7 Å². The fourth-order valence-electron chi connectivity index (χ4n) is 4.38. The first-order valence-corrected chi connectivity index (χ1v) is 7.87. The predicted molar refractivity (Wildman–Crippen MR) is 72.2 cm³/mol. The normalized spacial score (nSPS) is 42.9. The van der Waals surface area contributed by atoms with Crippen LogP contribution < -0.4 is 5.32 Å². The van der Waals surface area contributed by atoms with E-state index >= 15 is 0 Å². The third kappa shape index (κ3) is 2.53. The number of hydrogen-bond acceptors (Lipinski definition) is 2. The van der Waals surface area contributed by atoms with Crippen LogP contribution in [0.1, 0.15) is 58.3 Å². The summed E-state index contributed by atoms with van der Waals surface area (Å²) in [5.74, 6) is 0.959. The molecule has 98 valence electrons. The molecule has 0 spiro atoms. The molecule has 0 radical (unpaired) electrons. The van der Waals surface area contributed by atoms with Gasteiger partial charge in [-0.1, -0.05) is 19.8 Å². The van der Waals surface area contributed by atoms with Gasteiger partial charge in [0.15, 0.2) is 0 Å². The molecule has 3 aliphatic rings. The Kier molecular flexibility index (Phi) is 3.72. The van der Waals surface area contributed by atoms with Gasteiger partial charge in [0.05, 0.1) is 0 Å². The first-order valence-electron chi connectivity index (χ1n) is 7.87. The van der Waals surface area contributed by atoms with Gasteiger partial charge in [-0.05, 0) is 51.0 Å². The highest BCUT2D eigenvalue weighted by molar-refractivity contribution is 4.98. The van der Waals surface area contributed by atoms with Crippen molar-refractivity contribution in [1.82, 2.24) is 10.2 Å². The van der Waals surface area contributed by atoms with Gasteiger partial charge in [-0.15, -0.1) is 0 Å². The van der Waals surface area contributed by atoms with Crippen LogP contribution in [-0.4, -0.2) is 36.1 Å². The number of hydrogen-bond donors (Lipinski definition) is 1.